The van der Waals surface area contributed by atoms with Crippen molar-refractivity contribution in [3.05, 3.63) is 5.89 Å². The molecule has 5 nitrogen and oxygen atoms in total. The molecule has 1 atom stereocenters. The topological polar surface area (TPSA) is 62.4 Å². The van der Waals surface area contributed by atoms with E-state index in [4.69, 9.17) is 9.63 Å². The Bertz CT molecular complexity index is 365. The lowest BCUT2D eigenvalue weighted by molar-refractivity contribution is -0.00754. The summed E-state index contributed by atoms with van der Waals surface area (Å²) in [6.07, 6.45) is -0.330. The minimum Gasteiger partial charge on any atom is -0.387 e. The van der Waals surface area contributed by atoms with Crippen LogP contribution in [-0.4, -0.2) is 40.9 Å². The number of hydrogen-bond donors (Lipinski definition) is 1. The standard InChI is InChI=1S/C11H17F2N3O2/c12-10(13)8(17)7-9-14-11(15-18-9)16-5-3-1-2-4-6-16/h8,10,17H,1-7H2. The average Bonchev–Trinajstić information content (AvgIpc) is 2.63. The fraction of sp³-hybridized carbons (Fsp3) is 0.818. The van der Waals surface area contributed by atoms with E-state index in [1.807, 2.05) is 4.90 Å². The highest BCUT2D eigenvalue weighted by molar-refractivity contribution is 5.27. The minimum absolute atomic E-state index is 0.0575. The van der Waals surface area contributed by atoms with Crippen LogP contribution in [0.2, 0.25) is 0 Å². The highest BCUT2D eigenvalue weighted by Gasteiger charge is 2.22. The Morgan fingerprint density at radius 1 is 1.22 bits per heavy atom. The normalized spacial score (nSPS) is 19.0. The van der Waals surface area contributed by atoms with E-state index in [1.54, 1.807) is 0 Å². The van der Waals surface area contributed by atoms with Gasteiger partial charge in [0.05, 0.1) is 6.42 Å². The second kappa shape index (κ2) is 6.08. The molecule has 102 valence electrons. The van der Waals surface area contributed by atoms with Crippen LogP contribution in [0.25, 0.3) is 0 Å². The number of aliphatic hydroxyl groups is 1. The van der Waals surface area contributed by atoms with Gasteiger partial charge in [0.15, 0.2) is 0 Å². The average molecular weight is 261 g/mol. The summed E-state index contributed by atoms with van der Waals surface area (Å²) in [7, 11) is 0. The molecular weight excluding hydrogens is 244 g/mol. The lowest BCUT2D eigenvalue weighted by Gasteiger charge is -2.16. The van der Waals surface area contributed by atoms with Crippen LogP contribution in [0.1, 0.15) is 31.6 Å². The second-order valence-corrected chi connectivity index (χ2v) is 4.50. The molecule has 0 aromatic carbocycles. The van der Waals surface area contributed by atoms with Crippen molar-refractivity contribution in [3.63, 3.8) is 0 Å². The number of nitrogens with zero attached hydrogens (tertiary/aromatic N) is 3. The van der Waals surface area contributed by atoms with Gasteiger partial charge in [-0.1, -0.05) is 12.8 Å². The molecule has 0 bridgehead atoms. The van der Waals surface area contributed by atoms with Crippen molar-refractivity contribution in [2.75, 3.05) is 18.0 Å². The molecule has 0 spiro atoms. The SMILES string of the molecule is OC(Cc1nc(N2CCCCCC2)no1)C(F)F. The molecule has 0 saturated carbocycles. The molecule has 18 heavy (non-hydrogen) atoms. The first kappa shape index (κ1) is 13.2. The van der Waals surface area contributed by atoms with Crippen molar-refractivity contribution < 1.29 is 18.4 Å². The number of hydrogen-bond acceptors (Lipinski definition) is 5. The van der Waals surface area contributed by atoms with E-state index in [1.165, 1.54) is 12.8 Å². The maximum absolute atomic E-state index is 12.2. The van der Waals surface area contributed by atoms with Crippen LogP contribution in [0.4, 0.5) is 14.7 Å². The smallest absolute Gasteiger partial charge is 0.266 e. The predicted molar refractivity (Wildman–Crippen MR) is 60.7 cm³/mol. The van der Waals surface area contributed by atoms with Crippen LogP contribution in [0.3, 0.4) is 0 Å². The zero-order valence-corrected chi connectivity index (χ0v) is 10.1. The molecule has 0 aliphatic carbocycles. The molecule has 1 aromatic heterocycles. The Hall–Kier alpha value is -1.24. The van der Waals surface area contributed by atoms with Gasteiger partial charge in [0.1, 0.15) is 6.10 Å². The Morgan fingerprint density at radius 3 is 2.50 bits per heavy atom. The summed E-state index contributed by atoms with van der Waals surface area (Å²) in [5, 5.41) is 12.8. The third kappa shape index (κ3) is 3.38. The van der Waals surface area contributed by atoms with Crippen molar-refractivity contribution in [2.24, 2.45) is 0 Å². The fourth-order valence-corrected chi connectivity index (χ4v) is 2.00. The van der Waals surface area contributed by atoms with Gasteiger partial charge in [-0.15, -0.1) is 0 Å². The molecule has 1 aliphatic heterocycles. The van der Waals surface area contributed by atoms with Crippen LogP contribution in [0.5, 0.6) is 0 Å². The molecule has 1 N–H and O–H groups in total. The highest BCUT2D eigenvalue weighted by atomic mass is 19.3. The maximum Gasteiger partial charge on any atom is 0.266 e. The van der Waals surface area contributed by atoms with Crippen molar-refractivity contribution in [3.8, 4) is 0 Å². The van der Waals surface area contributed by atoms with Gasteiger partial charge in [-0.25, -0.2) is 8.78 Å². The number of alkyl halides is 2. The molecule has 1 fully saturated rings. The third-order valence-corrected chi connectivity index (χ3v) is 3.02. The first-order valence-electron chi connectivity index (χ1n) is 6.20. The van der Waals surface area contributed by atoms with Gasteiger partial charge < -0.3 is 14.5 Å². The molecule has 0 radical (unpaired) electrons. The lowest BCUT2D eigenvalue weighted by Crippen LogP contribution is -2.25. The van der Waals surface area contributed by atoms with E-state index in [2.05, 4.69) is 10.1 Å². The molecular formula is C11H17F2N3O2. The molecule has 1 aliphatic rings. The van der Waals surface area contributed by atoms with E-state index in [-0.39, 0.29) is 12.3 Å². The van der Waals surface area contributed by atoms with Gasteiger partial charge in [0.2, 0.25) is 5.89 Å². The van der Waals surface area contributed by atoms with Crippen LogP contribution < -0.4 is 4.90 Å². The van der Waals surface area contributed by atoms with Gasteiger partial charge in [0, 0.05) is 13.1 Å². The van der Waals surface area contributed by atoms with Crippen molar-refractivity contribution in [1.29, 1.82) is 0 Å². The maximum atomic E-state index is 12.2. The number of aromatic nitrogens is 2. The fourth-order valence-electron chi connectivity index (χ4n) is 2.00. The lowest BCUT2D eigenvalue weighted by atomic mass is 10.2. The number of anilines is 1. The summed E-state index contributed by atoms with van der Waals surface area (Å²) >= 11 is 0. The van der Waals surface area contributed by atoms with Gasteiger partial charge in [-0.3, -0.25) is 0 Å². The largest absolute Gasteiger partial charge is 0.387 e. The summed E-state index contributed by atoms with van der Waals surface area (Å²) in [4.78, 5) is 6.05. The number of aliphatic hydroxyl groups excluding tert-OH is 1. The molecule has 1 unspecified atom stereocenters. The summed E-state index contributed by atoms with van der Waals surface area (Å²) in [5.74, 6) is 0.496. The number of rotatable bonds is 4. The van der Waals surface area contributed by atoms with E-state index in [0.717, 1.165) is 25.9 Å². The highest BCUT2D eigenvalue weighted by Crippen LogP contribution is 2.17. The van der Waals surface area contributed by atoms with Crippen molar-refractivity contribution in [1.82, 2.24) is 10.1 Å². The van der Waals surface area contributed by atoms with Crippen LogP contribution in [-0.2, 0) is 6.42 Å². The number of halogens is 2. The van der Waals surface area contributed by atoms with Gasteiger partial charge in [0.25, 0.3) is 12.4 Å². The minimum atomic E-state index is -2.79. The van der Waals surface area contributed by atoms with E-state index < -0.39 is 12.5 Å². The molecule has 1 saturated heterocycles. The van der Waals surface area contributed by atoms with Gasteiger partial charge in [-0.2, -0.15) is 4.98 Å². The molecule has 1 aromatic rings. The Balaban J connectivity index is 1.96. The summed E-state index contributed by atoms with van der Waals surface area (Å²) in [5.41, 5.74) is 0. The summed E-state index contributed by atoms with van der Waals surface area (Å²) in [6.45, 7) is 1.72. The summed E-state index contributed by atoms with van der Waals surface area (Å²) in [6, 6.07) is 0. The molecule has 0 amide bonds. The van der Waals surface area contributed by atoms with E-state index >= 15 is 0 Å². The van der Waals surface area contributed by atoms with Gasteiger partial charge >= 0.3 is 0 Å². The zero-order valence-electron chi connectivity index (χ0n) is 10.1. The predicted octanol–water partition coefficient (Wildman–Crippen LogP) is 1.62. The van der Waals surface area contributed by atoms with Crippen molar-refractivity contribution >= 4 is 5.95 Å². The van der Waals surface area contributed by atoms with Crippen molar-refractivity contribution in [2.45, 2.75) is 44.6 Å². The van der Waals surface area contributed by atoms with Crippen LogP contribution >= 0.6 is 0 Å². The monoisotopic (exact) mass is 261 g/mol. The molecule has 7 heteroatoms. The Labute approximate surface area is 104 Å². The van der Waals surface area contributed by atoms with Crippen LogP contribution in [0, 0.1) is 0 Å². The second-order valence-electron chi connectivity index (χ2n) is 4.50. The Morgan fingerprint density at radius 2 is 1.89 bits per heavy atom. The van der Waals surface area contributed by atoms with Crippen LogP contribution in [0.15, 0.2) is 4.52 Å². The first-order chi connectivity index (χ1) is 8.66. The quantitative estimate of drug-likeness (QED) is 0.892. The van der Waals surface area contributed by atoms with E-state index in [9.17, 15) is 8.78 Å². The van der Waals surface area contributed by atoms with Gasteiger partial charge in [-0.05, 0) is 18.0 Å². The summed E-state index contributed by atoms with van der Waals surface area (Å²) < 4.78 is 29.2. The molecule has 2 rings (SSSR count). The Kier molecular flexibility index (Phi) is 4.46. The third-order valence-electron chi connectivity index (χ3n) is 3.02. The molecule has 2 heterocycles. The first-order valence-corrected chi connectivity index (χ1v) is 6.20. The zero-order chi connectivity index (χ0) is 13.0. The van der Waals surface area contributed by atoms with E-state index in [0.29, 0.717) is 5.95 Å².